The molecule has 4 rings (SSSR count). The largest absolute Gasteiger partial charge is 0.490 e. The lowest BCUT2D eigenvalue weighted by Crippen LogP contribution is -2.37. The monoisotopic (exact) mass is 468 g/mol. The van der Waals surface area contributed by atoms with Gasteiger partial charge in [-0.25, -0.2) is 9.78 Å². The number of carbonyl (C=O) groups is 2. The van der Waals surface area contributed by atoms with Gasteiger partial charge in [-0.05, 0) is 18.6 Å². The Bertz CT molecular complexity index is 959. The van der Waals surface area contributed by atoms with Crippen LogP contribution in [0.15, 0.2) is 36.9 Å². The van der Waals surface area contributed by atoms with Crippen LogP contribution in [0.4, 0.5) is 13.2 Å². The number of ether oxygens (including phenoxy) is 2. The first kappa shape index (κ1) is 24.5. The van der Waals surface area contributed by atoms with Crippen LogP contribution in [0.25, 0.3) is 0 Å². The van der Waals surface area contributed by atoms with E-state index in [9.17, 15) is 18.0 Å². The SMILES string of the molecule is Cc1cnc(C(=O)N2C[C@@H]3COC[C@]3(COCc3cccnc3)C2)cn1.O=C(O)C(F)(F)F. The number of rotatable bonds is 5. The maximum atomic E-state index is 12.8. The number of fused-ring (bicyclic) bond motifs is 1. The molecule has 1 N–H and O–H groups in total. The number of carboxylic acids is 1. The summed E-state index contributed by atoms with van der Waals surface area (Å²) in [4.78, 5) is 36.0. The van der Waals surface area contributed by atoms with Crippen LogP contribution < -0.4 is 0 Å². The molecule has 0 unspecified atom stereocenters. The van der Waals surface area contributed by atoms with E-state index in [1.54, 1.807) is 24.8 Å². The van der Waals surface area contributed by atoms with Crippen LogP contribution in [-0.4, -0.2) is 75.9 Å². The summed E-state index contributed by atoms with van der Waals surface area (Å²) in [5, 5.41) is 7.12. The minimum atomic E-state index is -5.08. The van der Waals surface area contributed by atoms with Gasteiger partial charge in [-0.1, -0.05) is 6.07 Å². The Morgan fingerprint density at radius 2 is 2.06 bits per heavy atom. The fraction of sp³-hybridized carbons (Fsp3) is 0.476. The zero-order valence-corrected chi connectivity index (χ0v) is 17.8. The summed E-state index contributed by atoms with van der Waals surface area (Å²) in [5.74, 6) is -2.54. The van der Waals surface area contributed by atoms with Crippen molar-refractivity contribution in [1.29, 1.82) is 0 Å². The Hall–Kier alpha value is -3.12. The summed E-state index contributed by atoms with van der Waals surface area (Å²) in [7, 11) is 0. The van der Waals surface area contributed by atoms with E-state index >= 15 is 0 Å². The van der Waals surface area contributed by atoms with Crippen LogP contribution in [0.3, 0.4) is 0 Å². The molecular formula is C21H23F3N4O5. The number of hydrogen-bond acceptors (Lipinski definition) is 7. The molecule has 33 heavy (non-hydrogen) atoms. The number of nitrogens with zero attached hydrogens (tertiary/aromatic N) is 4. The molecule has 2 aliphatic rings. The van der Waals surface area contributed by atoms with Crippen LogP contribution in [0.5, 0.6) is 0 Å². The second kappa shape index (κ2) is 10.2. The highest BCUT2D eigenvalue weighted by molar-refractivity contribution is 5.92. The van der Waals surface area contributed by atoms with E-state index in [4.69, 9.17) is 19.4 Å². The van der Waals surface area contributed by atoms with Gasteiger partial charge in [-0.15, -0.1) is 0 Å². The van der Waals surface area contributed by atoms with Gasteiger partial charge < -0.3 is 19.5 Å². The molecule has 1 amide bonds. The van der Waals surface area contributed by atoms with E-state index in [2.05, 4.69) is 15.0 Å². The van der Waals surface area contributed by atoms with Gasteiger partial charge in [0.1, 0.15) is 5.69 Å². The van der Waals surface area contributed by atoms with Crippen LogP contribution >= 0.6 is 0 Å². The molecule has 2 aliphatic heterocycles. The van der Waals surface area contributed by atoms with E-state index in [1.165, 1.54) is 0 Å². The molecule has 0 aliphatic carbocycles. The fourth-order valence-electron chi connectivity index (χ4n) is 3.71. The Kier molecular flexibility index (Phi) is 7.59. The number of carboxylic acid groups (broad SMARTS) is 1. The average molecular weight is 468 g/mol. The highest BCUT2D eigenvalue weighted by Crippen LogP contribution is 2.42. The van der Waals surface area contributed by atoms with Crippen molar-refractivity contribution in [2.75, 3.05) is 32.9 Å². The first-order valence-corrected chi connectivity index (χ1v) is 10.0. The highest BCUT2D eigenvalue weighted by atomic mass is 19.4. The number of carbonyl (C=O) groups excluding carboxylic acids is 1. The summed E-state index contributed by atoms with van der Waals surface area (Å²) in [6.45, 7) is 5.51. The first-order valence-electron chi connectivity index (χ1n) is 10.0. The molecule has 9 nitrogen and oxygen atoms in total. The van der Waals surface area contributed by atoms with Crippen LogP contribution in [0, 0.1) is 18.3 Å². The lowest BCUT2D eigenvalue weighted by atomic mass is 9.82. The second-order valence-corrected chi connectivity index (χ2v) is 7.96. The van der Waals surface area contributed by atoms with Crippen molar-refractivity contribution in [3.8, 4) is 0 Å². The molecule has 4 heterocycles. The summed E-state index contributed by atoms with van der Waals surface area (Å²) in [6.07, 6.45) is 1.64. The summed E-state index contributed by atoms with van der Waals surface area (Å²) in [6, 6.07) is 3.89. The van der Waals surface area contributed by atoms with E-state index in [1.807, 2.05) is 24.0 Å². The van der Waals surface area contributed by atoms with Crippen molar-refractivity contribution in [3.05, 3.63) is 53.9 Å². The van der Waals surface area contributed by atoms with E-state index in [0.29, 0.717) is 51.1 Å². The van der Waals surface area contributed by atoms with Gasteiger partial charge in [0.05, 0.1) is 38.3 Å². The van der Waals surface area contributed by atoms with E-state index in [-0.39, 0.29) is 11.3 Å². The number of halogens is 3. The molecule has 2 atom stereocenters. The zero-order valence-electron chi connectivity index (χ0n) is 17.8. The van der Waals surface area contributed by atoms with E-state index < -0.39 is 12.1 Å². The van der Waals surface area contributed by atoms with Gasteiger partial charge in [0.2, 0.25) is 0 Å². The highest BCUT2D eigenvalue weighted by Gasteiger charge is 2.52. The first-order chi connectivity index (χ1) is 15.6. The van der Waals surface area contributed by atoms with Gasteiger partial charge in [0.15, 0.2) is 0 Å². The molecule has 178 valence electrons. The smallest absolute Gasteiger partial charge is 0.475 e. The van der Waals surface area contributed by atoms with Crippen molar-refractivity contribution in [3.63, 3.8) is 0 Å². The molecule has 2 aromatic heterocycles. The number of amides is 1. The minimum absolute atomic E-state index is 0.0708. The van der Waals surface area contributed by atoms with Crippen molar-refractivity contribution in [1.82, 2.24) is 19.9 Å². The second-order valence-electron chi connectivity index (χ2n) is 7.96. The molecule has 12 heteroatoms. The summed E-state index contributed by atoms with van der Waals surface area (Å²) in [5.41, 5.74) is 2.09. The van der Waals surface area contributed by atoms with Crippen molar-refractivity contribution < 1.29 is 37.3 Å². The summed E-state index contributed by atoms with van der Waals surface area (Å²) >= 11 is 0. The summed E-state index contributed by atoms with van der Waals surface area (Å²) < 4.78 is 43.4. The maximum absolute atomic E-state index is 12.8. The Morgan fingerprint density at radius 1 is 1.30 bits per heavy atom. The van der Waals surface area contributed by atoms with Gasteiger partial charge in [0, 0.05) is 43.0 Å². The molecule has 0 bridgehead atoms. The number of likely N-dealkylation sites (tertiary alicyclic amines) is 1. The maximum Gasteiger partial charge on any atom is 0.490 e. The molecule has 2 aromatic rings. The Balaban J connectivity index is 0.000000383. The molecular weight excluding hydrogens is 445 g/mol. The quantitative estimate of drug-likeness (QED) is 0.710. The average Bonchev–Trinajstić information content (AvgIpc) is 3.32. The van der Waals surface area contributed by atoms with Crippen LogP contribution in [0.2, 0.25) is 0 Å². The third-order valence-electron chi connectivity index (χ3n) is 5.43. The zero-order chi connectivity index (χ0) is 24.1. The topological polar surface area (TPSA) is 115 Å². The van der Waals surface area contributed by atoms with Crippen molar-refractivity contribution >= 4 is 11.9 Å². The van der Waals surface area contributed by atoms with Crippen molar-refractivity contribution in [2.24, 2.45) is 11.3 Å². The van der Waals surface area contributed by atoms with Gasteiger partial charge in [0.25, 0.3) is 5.91 Å². The molecule has 0 saturated carbocycles. The molecule has 2 fully saturated rings. The predicted molar refractivity (Wildman–Crippen MR) is 107 cm³/mol. The molecule has 2 saturated heterocycles. The normalized spacial score (nSPS) is 21.8. The minimum Gasteiger partial charge on any atom is -0.475 e. The van der Waals surface area contributed by atoms with Crippen LogP contribution in [0.1, 0.15) is 21.7 Å². The van der Waals surface area contributed by atoms with Crippen molar-refractivity contribution in [2.45, 2.75) is 19.7 Å². The Labute approximate surface area is 187 Å². The number of aryl methyl sites for hydroxylation is 1. The molecule has 0 aromatic carbocycles. The van der Waals surface area contributed by atoms with E-state index in [0.717, 1.165) is 11.3 Å². The lowest BCUT2D eigenvalue weighted by Gasteiger charge is -2.26. The number of hydrogen-bond donors (Lipinski definition) is 1. The van der Waals surface area contributed by atoms with Crippen LogP contribution in [-0.2, 0) is 20.9 Å². The third kappa shape index (κ3) is 6.23. The number of aromatic nitrogens is 3. The standard InChI is InChI=1S/C19H22N4O3.C2HF3O2/c1-14-5-22-17(7-21-14)18(24)23-8-16-10-26-13-19(16,11-23)12-25-9-15-3-2-4-20-6-15;3-2(4,5)1(6)7/h2-7,16H,8-13H2,1H3;(H,6,7)/t16-,19-;/m1./s1. The van der Waals surface area contributed by atoms with Gasteiger partial charge >= 0.3 is 12.1 Å². The van der Waals surface area contributed by atoms with Gasteiger partial charge in [-0.3, -0.25) is 14.8 Å². The number of aliphatic carboxylic acids is 1. The molecule has 0 radical (unpaired) electrons. The number of alkyl halides is 3. The lowest BCUT2D eigenvalue weighted by molar-refractivity contribution is -0.192. The third-order valence-corrected chi connectivity index (χ3v) is 5.43. The molecule has 0 spiro atoms. The Morgan fingerprint density at radius 3 is 2.67 bits per heavy atom. The fourth-order valence-corrected chi connectivity index (χ4v) is 3.71. The number of pyridine rings is 1. The predicted octanol–water partition coefficient (Wildman–Crippen LogP) is 2.12. The van der Waals surface area contributed by atoms with Gasteiger partial charge in [-0.2, -0.15) is 13.2 Å².